The normalized spacial score (nSPS) is 25.1. The number of pyridine rings is 1. The summed E-state index contributed by atoms with van der Waals surface area (Å²) in [5.74, 6) is -0.842. The first-order valence-electron chi connectivity index (χ1n) is 8.36. The molecule has 3 heterocycles. The summed E-state index contributed by atoms with van der Waals surface area (Å²) in [4.78, 5) is 15.8. The number of hydrogen-bond acceptors (Lipinski definition) is 8. The van der Waals surface area contributed by atoms with Crippen LogP contribution in [0.15, 0.2) is 46.5 Å². The Bertz CT molecular complexity index is 1020. The summed E-state index contributed by atoms with van der Waals surface area (Å²) < 4.78 is 46.8. The van der Waals surface area contributed by atoms with Crippen molar-refractivity contribution in [3.8, 4) is 5.88 Å². The van der Waals surface area contributed by atoms with Crippen molar-refractivity contribution >= 4 is 28.1 Å². The first-order valence-corrected chi connectivity index (χ1v) is 9.80. The first kappa shape index (κ1) is 18.2. The number of nitrogens with zero attached hydrogens (tertiary/aromatic N) is 3. The zero-order chi connectivity index (χ0) is 19.9. The van der Waals surface area contributed by atoms with Crippen LogP contribution in [0.25, 0.3) is 0 Å². The summed E-state index contributed by atoms with van der Waals surface area (Å²) in [6.07, 6.45) is 2.85. The summed E-state index contributed by atoms with van der Waals surface area (Å²) in [5.41, 5.74) is 3.26. The minimum absolute atomic E-state index is 0.135. The van der Waals surface area contributed by atoms with Crippen molar-refractivity contribution < 1.29 is 22.3 Å². The number of allylic oxidation sites excluding steroid dienone is 2. The highest BCUT2D eigenvalue weighted by atomic mass is 32.2. The SMILES string of the molecule is COc1cccc(NCC2=CC(F)=C(N3CC(=O)NS3(=O)=O)C3NN=CC23)n1. The third-order valence-electron chi connectivity index (χ3n) is 4.58. The van der Waals surface area contributed by atoms with E-state index < -0.39 is 34.5 Å². The van der Waals surface area contributed by atoms with E-state index in [0.29, 0.717) is 17.3 Å². The first-order chi connectivity index (χ1) is 13.4. The van der Waals surface area contributed by atoms with Gasteiger partial charge in [-0.2, -0.15) is 18.5 Å². The Balaban J connectivity index is 1.61. The Morgan fingerprint density at radius 2 is 2.25 bits per heavy atom. The van der Waals surface area contributed by atoms with Crippen LogP contribution in [-0.2, 0) is 15.0 Å². The highest BCUT2D eigenvalue weighted by Crippen LogP contribution is 2.35. The van der Waals surface area contributed by atoms with Gasteiger partial charge in [0.15, 0.2) is 0 Å². The molecule has 1 fully saturated rings. The molecular formula is C16H17FN6O4S. The highest BCUT2D eigenvalue weighted by Gasteiger charge is 2.45. The van der Waals surface area contributed by atoms with E-state index in [0.717, 1.165) is 4.31 Å². The standard InChI is InChI=1S/C16H17FN6O4S/c1-27-14-4-2-3-12(20-14)18-6-9-5-11(17)16(15-10(9)7-19-21-15)23-8-13(24)22-28(23,25)26/h2-5,7,10,15,21H,6,8H2,1H3,(H,18,20)(H,22,24). The maximum Gasteiger partial charge on any atom is 0.326 e. The van der Waals surface area contributed by atoms with Crippen molar-refractivity contribution in [3.05, 3.63) is 41.4 Å². The van der Waals surface area contributed by atoms with Gasteiger partial charge in [0.2, 0.25) is 5.88 Å². The van der Waals surface area contributed by atoms with Crippen molar-refractivity contribution in [3.63, 3.8) is 0 Å². The molecule has 4 rings (SSSR count). The second-order valence-corrected chi connectivity index (χ2v) is 7.91. The molecule has 0 spiro atoms. The van der Waals surface area contributed by atoms with Gasteiger partial charge in [-0.3, -0.25) is 4.79 Å². The predicted molar refractivity (Wildman–Crippen MR) is 98.2 cm³/mol. The van der Waals surface area contributed by atoms with Crippen molar-refractivity contribution in [1.29, 1.82) is 0 Å². The molecule has 1 saturated heterocycles. The maximum absolute atomic E-state index is 14.9. The summed E-state index contributed by atoms with van der Waals surface area (Å²) in [6.45, 7) is -0.204. The molecule has 28 heavy (non-hydrogen) atoms. The van der Waals surface area contributed by atoms with Crippen molar-refractivity contribution in [2.24, 2.45) is 11.0 Å². The second kappa shape index (κ2) is 6.78. The maximum atomic E-state index is 14.9. The van der Waals surface area contributed by atoms with Gasteiger partial charge in [0.25, 0.3) is 5.91 Å². The zero-order valence-corrected chi connectivity index (χ0v) is 15.5. The Hall–Kier alpha value is -3.15. The van der Waals surface area contributed by atoms with Crippen LogP contribution in [0.3, 0.4) is 0 Å². The number of rotatable bonds is 5. The Morgan fingerprint density at radius 3 is 2.96 bits per heavy atom. The van der Waals surface area contributed by atoms with Crippen LogP contribution in [0, 0.1) is 5.92 Å². The molecule has 0 saturated carbocycles. The largest absolute Gasteiger partial charge is 0.481 e. The number of hydrogen-bond donors (Lipinski definition) is 3. The molecule has 0 bridgehead atoms. The van der Waals surface area contributed by atoms with E-state index >= 15 is 0 Å². The molecule has 3 N–H and O–H groups in total. The van der Waals surface area contributed by atoms with Crippen LogP contribution in [0.2, 0.25) is 0 Å². The van der Waals surface area contributed by atoms with E-state index in [1.165, 1.54) is 13.2 Å². The minimum atomic E-state index is -4.12. The molecule has 1 aliphatic carbocycles. The quantitative estimate of drug-likeness (QED) is 0.620. The Kier molecular flexibility index (Phi) is 4.41. The van der Waals surface area contributed by atoms with E-state index in [9.17, 15) is 17.6 Å². The molecule has 2 unspecified atom stereocenters. The number of hydrazone groups is 1. The highest BCUT2D eigenvalue weighted by molar-refractivity contribution is 7.88. The topological polar surface area (TPSA) is 125 Å². The predicted octanol–water partition coefficient (Wildman–Crippen LogP) is -0.126. The van der Waals surface area contributed by atoms with Gasteiger partial charge < -0.3 is 15.5 Å². The van der Waals surface area contributed by atoms with Crippen LogP contribution in [0.4, 0.5) is 10.2 Å². The van der Waals surface area contributed by atoms with Crippen LogP contribution in [-0.4, -0.2) is 56.1 Å². The van der Waals surface area contributed by atoms with Crippen LogP contribution in [0.1, 0.15) is 0 Å². The average Bonchev–Trinajstić information content (AvgIpc) is 3.24. The van der Waals surface area contributed by atoms with Gasteiger partial charge in [-0.25, -0.2) is 13.4 Å². The lowest BCUT2D eigenvalue weighted by Gasteiger charge is -2.31. The van der Waals surface area contributed by atoms with Crippen LogP contribution < -0.4 is 20.2 Å². The number of methoxy groups -OCH3 is 1. The molecule has 10 nitrogen and oxygen atoms in total. The molecule has 2 atom stereocenters. The van der Waals surface area contributed by atoms with Gasteiger partial charge in [-0.15, -0.1) is 0 Å². The number of carbonyl (C=O) groups excluding carboxylic acids is 1. The van der Waals surface area contributed by atoms with Crippen molar-refractivity contribution in [1.82, 2.24) is 19.4 Å². The lowest BCUT2D eigenvalue weighted by molar-refractivity contribution is -0.118. The number of aromatic nitrogens is 1. The summed E-state index contributed by atoms with van der Waals surface area (Å²) >= 11 is 0. The number of amides is 1. The van der Waals surface area contributed by atoms with Crippen LogP contribution >= 0.6 is 0 Å². The van der Waals surface area contributed by atoms with E-state index in [4.69, 9.17) is 4.74 Å². The summed E-state index contributed by atoms with van der Waals surface area (Å²) in [6, 6.07) is 4.49. The fourth-order valence-corrected chi connectivity index (χ4v) is 4.53. The molecular weight excluding hydrogens is 391 g/mol. The number of carbonyl (C=O) groups is 1. The molecule has 3 aliphatic rings. The second-order valence-electron chi connectivity index (χ2n) is 6.32. The van der Waals surface area contributed by atoms with Crippen molar-refractivity contribution in [2.75, 3.05) is 25.5 Å². The van der Waals surface area contributed by atoms with E-state index in [2.05, 4.69) is 20.8 Å². The van der Waals surface area contributed by atoms with Gasteiger partial charge in [0.05, 0.1) is 18.8 Å². The lowest BCUT2D eigenvalue weighted by Crippen LogP contribution is -2.44. The van der Waals surface area contributed by atoms with E-state index in [1.807, 2.05) is 4.72 Å². The average molecular weight is 408 g/mol. The lowest BCUT2D eigenvalue weighted by atomic mass is 9.86. The van der Waals surface area contributed by atoms with Gasteiger partial charge in [0, 0.05) is 24.7 Å². The number of ether oxygens (including phenoxy) is 1. The molecule has 0 aromatic carbocycles. The van der Waals surface area contributed by atoms with Gasteiger partial charge in [0.1, 0.15) is 18.2 Å². The minimum Gasteiger partial charge on any atom is -0.481 e. The van der Waals surface area contributed by atoms with Gasteiger partial charge in [-0.1, -0.05) is 6.07 Å². The Labute approximate surface area is 160 Å². The van der Waals surface area contributed by atoms with Crippen LogP contribution in [0.5, 0.6) is 5.88 Å². The third kappa shape index (κ3) is 3.15. The number of fused-ring (bicyclic) bond motifs is 1. The molecule has 0 radical (unpaired) electrons. The molecule has 1 amide bonds. The monoisotopic (exact) mass is 408 g/mol. The van der Waals surface area contributed by atoms with E-state index in [-0.39, 0.29) is 18.2 Å². The van der Waals surface area contributed by atoms with E-state index in [1.54, 1.807) is 24.4 Å². The van der Waals surface area contributed by atoms with Gasteiger partial charge in [-0.05, 0) is 17.7 Å². The third-order valence-corrected chi connectivity index (χ3v) is 5.97. The molecule has 1 aromatic heterocycles. The molecule has 2 aliphatic heterocycles. The summed E-state index contributed by atoms with van der Waals surface area (Å²) in [5, 5.41) is 7.07. The van der Waals surface area contributed by atoms with Gasteiger partial charge >= 0.3 is 10.2 Å². The number of anilines is 1. The summed E-state index contributed by atoms with van der Waals surface area (Å²) in [7, 11) is -2.61. The van der Waals surface area contributed by atoms with Crippen molar-refractivity contribution in [2.45, 2.75) is 6.04 Å². The zero-order valence-electron chi connectivity index (χ0n) is 14.7. The molecule has 1 aromatic rings. The number of halogens is 1. The fraction of sp³-hybridized carbons (Fsp3) is 0.312. The Morgan fingerprint density at radius 1 is 1.43 bits per heavy atom. The molecule has 12 heteroatoms. The smallest absolute Gasteiger partial charge is 0.326 e. The molecule has 148 valence electrons. The fourth-order valence-electron chi connectivity index (χ4n) is 3.32. The number of nitrogens with one attached hydrogen (secondary N) is 3.